The van der Waals surface area contributed by atoms with E-state index < -0.39 is 0 Å². The summed E-state index contributed by atoms with van der Waals surface area (Å²) in [6, 6.07) is 0. The molecule has 1 atom stereocenters. The fraction of sp³-hybridized carbons (Fsp3) is 0.600. The predicted octanol–water partition coefficient (Wildman–Crippen LogP) is 2.41. The molecule has 0 bridgehead atoms. The minimum absolute atomic E-state index is 0. The molecule has 0 radical (unpaired) electrons. The molecule has 0 saturated heterocycles. The van der Waals surface area contributed by atoms with Crippen molar-refractivity contribution in [3.63, 3.8) is 0 Å². The average molecular weight is 183 g/mol. The van der Waals surface area contributed by atoms with Gasteiger partial charge in [0.05, 0.1) is 0 Å². The summed E-state index contributed by atoms with van der Waals surface area (Å²) in [6.45, 7) is 3.59. The minimum Gasteiger partial charge on any atom is -0.138 e. The number of hydrogen-bond acceptors (Lipinski definition) is 0. The van der Waals surface area contributed by atoms with Gasteiger partial charge in [0.1, 0.15) is 0 Å². The van der Waals surface area contributed by atoms with Gasteiger partial charge in [-0.2, -0.15) is 0 Å². The Morgan fingerprint density at radius 1 is 1.57 bits per heavy atom. The number of unbranched alkanes of at least 4 members (excludes halogenated alkanes) is 1. The Balaban J connectivity index is 0. The third-order valence-corrected chi connectivity index (χ3v) is 1.02. The zero-order chi connectivity index (χ0) is 4.83. The van der Waals surface area contributed by atoms with Crippen molar-refractivity contribution >= 4 is 26.2 Å². The quantitative estimate of drug-likeness (QED) is 0.358. The first-order valence-electron chi connectivity index (χ1n) is 2.22. The van der Waals surface area contributed by atoms with Gasteiger partial charge >= 0.3 is 0 Å². The predicted molar refractivity (Wildman–Crippen MR) is 44.3 cm³/mol. The van der Waals surface area contributed by atoms with Crippen molar-refractivity contribution in [1.29, 1.82) is 0 Å². The van der Waals surface area contributed by atoms with Gasteiger partial charge in [-0.15, -0.1) is 32.8 Å². The van der Waals surface area contributed by atoms with Crippen molar-refractivity contribution in [3.8, 4) is 0 Å². The summed E-state index contributed by atoms with van der Waals surface area (Å²) >= 11 is 0. The van der Waals surface area contributed by atoms with E-state index in [1.807, 2.05) is 6.08 Å². The third-order valence-electron chi connectivity index (χ3n) is 0.612. The van der Waals surface area contributed by atoms with Crippen LogP contribution in [0.5, 0.6) is 0 Å². The second kappa shape index (κ2) is 9.82. The zero-order valence-electron chi connectivity index (χ0n) is 4.39. The average Bonchev–Trinajstić information content (AvgIpc) is 1.61. The van der Waals surface area contributed by atoms with Gasteiger partial charge in [0.2, 0.25) is 0 Å². The minimum atomic E-state index is 0. The Bertz CT molecular complexity index is 37.1. The summed E-state index contributed by atoms with van der Waals surface area (Å²) < 4.78 is 0. The zero-order valence-corrected chi connectivity index (χ0v) is 7.26. The van der Waals surface area contributed by atoms with Gasteiger partial charge in [-0.1, -0.05) is 6.08 Å². The molecule has 1 unspecified atom stereocenters. The molecule has 44 valence electrons. The maximum Gasteiger partial charge on any atom is -0.0350 e. The highest BCUT2D eigenvalue weighted by molar-refractivity contribution is 8.93. The van der Waals surface area contributed by atoms with Crippen molar-refractivity contribution < 1.29 is 0 Å². The molecule has 0 amide bonds. The number of rotatable bonds is 3. The van der Waals surface area contributed by atoms with Crippen molar-refractivity contribution in [2.24, 2.45) is 0 Å². The van der Waals surface area contributed by atoms with Crippen molar-refractivity contribution in [3.05, 3.63) is 12.7 Å². The third kappa shape index (κ3) is 10.8. The topological polar surface area (TPSA) is 0 Å². The van der Waals surface area contributed by atoms with Crippen molar-refractivity contribution in [2.75, 3.05) is 6.16 Å². The van der Waals surface area contributed by atoms with Crippen molar-refractivity contribution in [1.82, 2.24) is 0 Å². The molecular weight excluding hydrogens is 171 g/mol. The van der Waals surface area contributed by atoms with Gasteiger partial charge in [-0.05, 0) is 19.0 Å². The molecule has 0 N–H and O–H groups in total. The lowest BCUT2D eigenvalue weighted by atomic mass is 10.3. The largest absolute Gasteiger partial charge is 0.138 e. The van der Waals surface area contributed by atoms with E-state index in [0.29, 0.717) is 0 Å². The van der Waals surface area contributed by atoms with Gasteiger partial charge < -0.3 is 0 Å². The van der Waals surface area contributed by atoms with Gasteiger partial charge in [0.15, 0.2) is 0 Å². The summed E-state index contributed by atoms with van der Waals surface area (Å²) in [4.78, 5) is 0. The molecule has 0 aromatic carbocycles. The highest BCUT2D eigenvalue weighted by atomic mass is 79.9. The summed E-state index contributed by atoms with van der Waals surface area (Å²) in [6.07, 6.45) is 5.56. The Morgan fingerprint density at radius 2 is 2.14 bits per heavy atom. The molecule has 0 aromatic rings. The maximum absolute atomic E-state index is 3.59. The molecule has 0 aliphatic rings. The molecule has 2 heteroatoms. The molecule has 0 saturated carbocycles. The highest BCUT2D eigenvalue weighted by Gasteiger charge is 1.71. The first-order chi connectivity index (χ1) is 2.91. The van der Waals surface area contributed by atoms with E-state index in [2.05, 4.69) is 15.8 Å². The lowest BCUT2D eigenvalue weighted by molar-refractivity contribution is 0.975. The summed E-state index contributed by atoms with van der Waals surface area (Å²) in [5, 5.41) is 0. The summed E-state index contributed by atoms with van der Waals surface area (Å²) in [5.74, 6) is 0. The van der Waals surface area contributed by atoms with Crippen LogP contribution in [0.25, 0.3) is 0 Å². The molecular formula is C5H12BrP. The Hall–Kier alpha value is 0.650. The van der Waals surface area contributed by atoms with Crippen LogP contribution in [0.3, 0.4) is 0 Å². The van der Waals surface area contributed by atoms with Crippen molar-refractivity contribution in [2.45, 2.75) is 12.8 Å². The normalized spacial score (nSPS) is 7.00. The standard InChI is InChI=1S/C5H11P.BrH/c1-2-3-4-5-6;/h2H,1,3-6H2;1H. The molecule has 7 heavy (non-hydrogen) atoms. The molecule has 0 heterocycles. The molecule has 0 spiro atoms. The lowest BCUT2D eigenvalue weighted by Crippen LogP contribution is -1.66. The Kier molecular flexibility index (Phi) is 14.9. The second-order valence-electron chi connectivity index (χ2n) is 1.22. The van der Waals surface area contributed by atoms with Crippen LogP contribution in [0.2, 0.25) is 0 Å². The van der Waals surface area contributed by atoms with Gasteiger partial charge in [0.25, 0.3) is 0 Å². The van der Waals surface area contributed by atoms with E-state index in [4.69, 9.17) is 0 Å². The van der Waals surface area contributed by atoms with E-state index in [9.17, 15) is 0 Å². The van der Waals surface area contributed by atoms with E-state index in [-0.39, 0.29) is 17.0 Å². The molecule has 0 aliphatic heterocycles. The maximum atomic E-state index is 3.59. The van der Waals surface area contributed by atoms with Crippen LogP contribution in [-0.4, -0.2) is 6.16 Å². The molecule has 0 aromatic heterocycles. The van der Waals surface area contributed by atoms with Crippen LogP contribution in [0.4, 0.5) is 0 Å². The summed E-state index contributed by atoms with van der Waals surface area (Å²) in [7, 11) is 2.68. The second-order valence-corrected chi connectivity index (χ2v) is 1.80. The van der Waals surface area contributed by atoms with Crippen LogP contribution in [0.15, 0.2) is 12.7 Å². The van der Waals surface area contributed by atoms with E-state index in [1.54, 1.807) is 0 Å². The van der Waals surface area contributed by atoms with Crippen LogP contribution in [0.1, 0.15) is 12.8 Å². The SMILES string of the molecule is Br.C=CCCCP. The van der Waals surface area contributed by atoms with E-state index in [1.165, 1.54) is 12.6 Å². The fourth-order valence-corrected chi connectivity index (χ4v) is 0.498. The Morgan fingerprint density at radius 3 is 2.29 bits per heavy atom. The smallest absolute Gasteiger partial charge is 0.0350 e. The van der Waals surface area contributed by atoms with Crippen LogP contribution < -0.4 is 0 Å². The van der Waals surface area contributed by atoms with E-state index in [0.717, 1.165) is 6.42 Å². The molecule has 0 fully saturated rings. The van der Waals surface area contributed by atoms with Crippen LogP contribution in [-0.2, 0) is 0 Å². The number of halogens is 1. The molecule has 0 rings (SSSR count). The van der Waals surface area contributed by atoms with Gasteiger partial charge in [-0.3, -0.25) is 0 Å². The number of hydrogen-bond donors (Lipinski definition) is 0. The van der Waals surface area contributed by atoms with Gasteiger partial charge in [0, 0.05) is 0 Å². The monoisotopic (exact) mass is 182 g/mol. The van der Waals surface area contributed by atoms with Crippen LogP contribution >= 0.6 is 26.2 Å². The fourth-order valence-electron chi connectivity index (χ4n) is 0.262. The first kappa shape index (κ1) is 10.6. The summed E-state index contributed by atoms with van der Waals surface area (Å²) in [5.41, 5.74) is 0. The lowest BCUT2D eigenvalue weighted by Gasteiger charge is -1.82. The number of allylic oxidation sites excluding steroid dienone is 1. The van der Waals surface area contributed by atoms with E-state index >= 15 is 0 Å². The van der Waals surface area contributed by atoms with Crippen LogP contribution in [0, 0.1) is 0 Å². The van der Waals surface area contributed by atoms with Gasteiger partial charge in [-0.25, -0.2) is 0 Å². The first-order valence-corrected chi connectivity index (χ1v) is 3.04. The molecule has 0 nitrogen and oxygen atoms in total. The highest BCUT2D eigenvalue weighted by Crippen LogP contribution is 1.92. The Labute approximate surface area is 58.4 Å². The molecule has 0 aliphatic carbocycles.